The van der Waals surface area contributed by atoms with Crippen LogP contribution in [0.25, 0.3) is 11.3 Å². The summed E-state index contributed by atoms with van der Waals surface area (Å²) in [6.07, 6.45) is 8.01. The molecule has 1 atom stereocenters. The number of carbonyl (C=O) groups excluding carboxylic acids is 1. The highest BCUT2D eigenvalue weighted by atomic mass is 16.5. The van der Waals surface area contributed by atoms with Crippen LogP contribution in [0.15, 0.2) is 16.9 Å². The number of carbonyl (C=O) groups is 1. The largest absolute Gasteiger partial charge is 0.381 e. The summed E-state index contributed by atoms with van der Waals surface area (Å²) in [5, 5.41) is 4.01. The first-order valence-corrected chi connectivity index (χ1v) is 9.76. The summed E-state index contributed by atoms with van der Waals surface area (Å²) in [4.78, 5) is 24.1. The van der Waals surface area contributed by atoms with E-state index in [9.17, 15) is 4.79 Å². The van der Waals surface area contributed by atoms with Crippen molar-refractivity contribution in [1.82, 2.24) is 20.0 Å². The van der Waals surface area contributed by atoms with Crippen molar-refractivity contribution in [2.24, 2.45) is 5.92 Å². The zero-order chi connectivity index (χ0) is 18.8. The molecule has 0 spiro atoms. The van der Waals surface area contributed by atoms with E-state index in [0.29, 0.717) is 12.3 Å². The number of likely N-dealkylation sites (tertiary alicyclic amines) is 1. The number of hydrogen-bond donors (Lipinski definition) is 0. The third-order valence-electron chi connectivity index (χ3n) is 5.66. The van der Waals surface area contributed by atoms with Gasteiger partial charge in [0.25, 0.3) is 0 Å². The first-order chi connectivity index (χ1) is 13.1. The second-order valence-electron chi connectivity index (χ2n) is 7.53. The molecular formula is C20H26N4O3. The maximum Gasteiger partial charge on any atom is 0.223 e. The molecule has 2 aromatic heterocycles. The molecule has 7 heteroatoms. The van der Waals surface area contributed by atoms with Crippen molar-refractivity contribution in [2.45, 2.75) is 52.0 Å². The van der Waals surface area contributed by atoms with Crippen LogP contribution in [0, 0.1) is 19.8 Å². The Morgan fingerprint density at radius 2 is 2.04 bits per heavy atom. The van der Waals surface area contributed by atoms with Crippen molar-refractivity contribution in [3.8, 4) is 11.3 Å². The molecule has 2 aliphatic heterocycles. The Labute approximate surface area is 159 Å². The number of aromatic nitrogens is 3. The van der Waals surface area contributed by atoms with Gasteiger partial charge in [0.2, 0.25) is 5.91 Å². The van der Waals surface area contributed by atoms with Gasteiger partial charge in [-0.25, -0.2) is 4.98 Å². The second kappa shape index (κ2) is 7.76. The highest BCUT2D eigenvalue weighted by Gasteiger charge is 2.32. The topological polar surface area (TPSA) is 81.4 Å². The Hall–Kier alpha value is -2.28. The van der Waals surface area contributed by atoms with Gasteiger partial charge in [0.15, 0.2) is 0 Å². The molecule has 144 valence electrons. The van der Waals surface area contributed by atoms with Gasteiger partial charge < -0.3 is 14.2 Å². The first-order valence-electron chi connectivity index (χ1n) is 9.76. The van der Waals surface area contributed by atoms with E-state index in [2.05, 4.69) is 10.1 Å². The minimum absolute atomic E-state index is 0.00487. The van der Waals surface area contributed by atoms with Crippen LogP contribution in [-0.4, -0.2) is 45.7 Å². The van der Waals surface area contributed by atoms with Crippen molar-refractivity contribution in [2.75, 3.05) is 19.8 Å². The van der Waals surface area contributed by atoms with Crippen LogP contribution in [0.1, 0.15) is 55.3 Å². The lowest BCUT2D eigenvalue weighted by Crippen LogP contribution is -2.33. The summed E-state index contributed by atoms with van der Waals surface area (Å²) in [6.45, 7) is 6.12. The minimum Gasteiger partial charge on any atom is -0.381 e. The van der Waals surface area contributed by atoms with E-state index in [1.165, 1.54) is 0 Å². The van der Waals surface area contributed by atoms with Gasteiger partial charge in [-0.2, -0.15) is 0 Å². The van der Waals surface area contributed by atoms with Crippen molar-refractivity contribution in [3.63, 3.8) is 0 Å². The molecule has 4 rings (SSSR count). The molecule has 2 saturated heterocycles. The van der Waals surface area contributed by atoms with Crippen LogP contribution in [-0.2, 0) is 9.53 Å². The smallest absolute Gasteiger partial charge is 0.223 e. The van der Waals surface area contributed by atoms with Crippen molar-refractivity contribution in [3.05, 3.63) is 29.5 Å². The standard InChI is InChI=1S/C20H26N4O3/c1-13-20(14(2)27-23-13)17-12-21-11-16(22-17)18-4-3-7-24(18)19(25)10-15-5-8-26-9-6-15/h11-12,15,18H,3-10H2,1-2H3/t18-/m0/s1. The number of rotatable bonds is 4. The highest BCUT2D eigenvalue weighted by molar-refractivity contribution is 5.77. The van der Waals surface area contributed by atoms with Crippen molar-refractivity contribution >= 4 is 5.91 Å². The zero-order valence-corrected chi connectivity index (χ0v) is 16.0. The fourth-order valence-corrected chi connectivity index (χ4v) is 4.20. The molecule has 0 radical (unpaired) electrons. The Morgan fingerprint density at radius 3 is 2.78 bits per heavy atom. The SMILES string of the molecule is Cc1noc(C)c1-c1cncc([C@@H]2CCCN2C(=O)CC2CCOCC2)n1. The number of aryl methyl sites for hydroxylation is 2. The Morgan fingerprint density at radius 1 is 1.22 bits per heavy atom. The maximum atomic E-state index is 12.9. The van der Waals surface area contributed by atoms with Crippen molar-refractivity contribution < 1.29 is 14.1 Å². The average Bonchev–Trinajstić information content (AvgIpc) is 3.29. The van der Waals surface area contributed by atoms with E-state index in [1.807, 2.05) is 18.7 Å². The maximum absolute atomic E-state index is 12.9. The summed E-state index contributed by atoms with van der Waals surface area (Å²) < 4.78 is 10.7. The van der Waals surface area contributed by atoms with Gasteiger partial charge in [-0.3, -0.25) is 9.78 Å². The normalized spacial score (nSPS) is 21.0. The monoisotopic (exact) mass is 370 g/mol. The molecule has 0 aliphatic carbocycles. The van der Waals surface area contributed by atoms with Gasteiger partial charge in [0.05, 0.1) is 41.1 Å². The molecule has 2 aromatic rings. The molecule has 0 aromatic carbocycles. The molecule has 2 aliphatic rings. The molecule has 7 nitrogen and oxygen atoms in total. The molecule has 0 bridgehead atoms. The van der Waals surface area contributed by atoms with E-state index < -0.39 is 0 Å². The molecule has 2 fully saturated rings. The van der Waals surface area contributed by atoms with Gasteiger partial charge in [0.1, 0.15) is 5.76 Å². The quantitative estimate of drug-likeness (QED) is 0.822. The van der Waals surface area contributed by atoms with Gasteiger partial charge in [0, 0.05) is 26.2 Å². The second-order valence-corrected chi connectivity index (χ2v) is 7.53. The lowest BCUT2D eigenvalue weighted by atomic mass is 9.95. The molecule has 0 unspecified atom stereocenters. The minimum atomic E-state index is 0.00487. The number of nitrogens with zero attached hydrogens (tertiary/aromatic N) is 4. The Bertz CT molecular complexity index is 794. The molecule has 4 heterocycles. The summed E-state index contributed by atoms with van der Waals surface area (Å²) in [7, 11) is 0. The third kappa shape index (κ3) is 3.74. The fourth-order valence-electron chi connectivity index (χ4n) is 4.20. The summed E-state index contributed by atoms with van der Waals surface area (Å²) in [5.41, 5.74) is 3.30. The third-order valence-corrected chi connectivity index (χ3v) is 5.66. The molecular weight excluding hydrogens is 344 g/mol. The number of ether oxygens (including phenoxy) is 1. The van der Waals surface area contributed by atoms with Gasteiger partial charge in [-0.1, -0.05) is 5.16 Å². The van der Waals surface area contributed by atoms with Crippen LogP contribution >= 0.6 is 0 Å². The summed E-state index contributed by atoms with van der Waals surface area (Å²) >= 11 is 0. The lowest BCUT2D eigenvalue weighted by molar-refractivity contribution is -0.133. The van der Waals surface area contributed by atoms with Crippen LogP contribution in [0.5, 0.6) is 0 Å². The van der Waals surface area contributed by atoms with E-state index in [4.69, 9.17) is 14.2 Å². The van der Waals surface area contributed by atoms with E-state index in [-0.39, 0.29) is 11.9 Å². The molecule has 27 heavy (non-hydrogen) atoms. The van der Waals surface area contributed by atoms with Crippen LogP contribution < -0.4 is 0 Å². The van der Waals surface area contributed by atoms with Crippen LogP contribution in [0.3, 0.4) is 0 Å². The van der Waals surface area contributed by atoms with E-state index >= 15 is 0 Å². The van der Waals surface area contributed by atoms with Gasteiger partial charge in [-0.05, 0) is 45.4 Å². The highest BCUT2D eigenvalue weighted by Crippen LogP contribution is 2.34. The van der Waals surface area contributed by atoms with E-state index in [1.54, 1.807) is 12.4 Å². The van der Waals surface area contributed by atoms with Gasteiger partial charge >= 0.3 is 0 Å². The number of amides is 1. The Balaban J connectivity index is 1.53. The molecule has 0 saturated carbocycles. The Kier molecular flexibility index (Phi) is 5.20. The predicted molar refractivity (Wildman–Crippen MR) is 98.9 cm³/mol. The number of hydrogen-bond acceptors (Lipinski definition) is 6. The summed E-state index contributed by atoms with van der Waals surface area (Å²) in [6, 6.07) is 0.00487. The zero-order valence-electron chi connectivity index (χ0n) is 16.0. The molecule has 0 N–H and O–H groups in total. The fraction of sp³-hybridized carbons (Fsp3) is 0.600. The van der Waals surface area contributed by atoms with E-state index in [0.717, 1.165) is 73.8 Å². The van der Waals surface area contributed by atoms with Crippen LogP contribution in [0.2, 0.25) is 0 Å². The molecule has 1 amide bonds. The summed E-state index contributed by atoms with van der Waals surface area (Å²) in [5.74, 6) is 1.40. The first kappa shape index (κ1) is 18.1. The van der Waals surface area contributed by atoms with Crippen LogP contribution in [0.4, 0.5) is 0 Å². The average molecular weight is 370 g/mol. The predicted octanol–water partition coefficient (Wildman–Crippen LogP) is 3.23. The van der Waals surface area contributed by atoms with Gasteiger partial charge in [-0.15, -0.1) is 0 Å². The lowest BCUT2D eigenvalue weighted by Gasteiger charge is -2.28. The van der Waals surface area contributed by atoms with Crippen molar-refractivity contribution in [1.29, 1.82) is 0 Å².